The van der Waals surface area contributed by atoms with Crippen LogP contribution in [0.5, 0.6) is 0 Å². The predicted molar refractivity (Wildman–Crippen MR) is 100 cm³/mol. The van der Waals surface area contributed by atoms with E-state index in [1.165, 1.54) is 0 Å². The number of halogens is 1. The summed E-state index contributed by atoms with van der Waals surface area (Å²) < 4.78 is 10.6. The molecule has 0 N–H and O–H groups in total. The standard InChI is InChI=1S/C19H19ClN4O2/c1-25-12-13-7-8-24(11-13)17-6-5-15(10-21-17)19-22-18(23-26-19)14-3-2-4-16(20)9-14/h2-6,9-10,13H,7-8,11-12H2,1H3/t13-/m1/s1. The molecule has 0 spiro atoms. The zero-order chi connectivity index (χ0) is 17.9. The second-order valence-electron chi connectivity index (χ2n) is 6.39. The topological polar surface area (TPSA) is 64.3 Å². The van der Waals surface area contributed by atoms with Crippen LogP contribution in [-0.2, 0) is 4.74 Å². The third-order valence-electron chi connectivity index (χ3n) is 4.52. The van der Waals surface area contributed by atoms with Crippen molar-refractivity contribution < 1.29 is 9.26 Å². The van der Waals surface area contributed by atoms with E-state index in [1.54, 1.807) is 19.4 Å². The van der Waals surface area contributed by atoms with E-state index in [9.17, 15) is 0 Å². The first-order chi connectivity index (χ1) is 12.7. The average molecular weight is 371 g/mol. The minimum atomic E-state index is 0.442. The molecule has 0 bridgehead atoms. The Morgan fingerprint density at radius 1 is 1.27 bits per heavy atom. The highest BCUT2D eigenvalue weighted by atomic mass is 35.5. The van der Waals surface area contributed by atoms with Gasteiger partial charge in [0, 0.05) is 42.9 Å². The molecule has 1 aromatic carbocycles. The van der Waals surface area contributed by atoms with Crippen LogP contribution in [-0.4, -0.2) is 41.9 Å². The number of methoxy groups -OCH3 is 1. The molecule has 1 aliphatic rings. The van der Waals surface area contributed by atoms with Crippen molar-refractivity contribution in [2.45, 2.75) is 6.42 Å². The van der Waals surface area contributed by atoms with Crippen molar-refractivity contribution in [3.05, 3.63) is 47.6 Å². The first kappa shape index (κ1) is 17.0. The zero-order valence-corrected chi connectivity index (χ0v) is 15.2. The van der Waals surface area contributed by atoms with Gasteiger partial charge in [0.15, 0.2) is 0 Å². The molecule has 134 valence electrons. The summed E-state index contributed by atoms with van der Waals surface area (Å²) in [5.41, 5.74) is 1.61. The van der Waals surface area contributed by atoms with Gasteiger partial charge in [-0.15, -0.1) is 0 Å². The maximum absolute atomic E-state index is 6.02. The van der Waals surface area contributed by atoms with Gasteiger partial charge < -0.3 is 14.2 Å². The fourth-order valence-corrected chi connectivity index (χ4v) is 3.39. The van der Waals surface area contributed by atoms with Crippen molar-refractivity contribution in [2.24, 2.45) is 5.92 Å². The Hall–Kier alpha value is -2.44. The molecule has 1 saturated heterocycles. The lowest BCUT2D eigenvalue weighted by Crippen LogP contribution is -2.21. The summed E-state index contributed by atoms with van der Waals surface area (Å²) in [4.78, 5) is 11.3. The number of hydrogen-bond donors (Lipinski definition) is 0. The van der Waals surface area contributed by atoms with E-state index in [1.807, 2.05) is 30.3 Å². The van der Waals surface area contributed by atoms with Crippen molar-refractivity contribution in [1.29, 1.82) is 0 Å². The monoisotopic (exact) mass is 370 g/mol. The molecule has 3 heterocycles. The molecule has 0 aliphatic carbocycles. The quantitative estimate of drug-likeness (QED) is 0.678. The average Bonchev–Trinajstić information content (AvgIpc) is 3.32. The number of rotatable bonds is 5. The van der Waals surface area contributed by atoms with Crippen LogP contribution >= 0.6 is 11.6 Å². The second kappa shape index (κ2) is 7.43. The molecular formula is C19H19ClN4O2. The Morgan fingerprint density at radius 2 is 2.19 bits per heavy atom. The van der Waals surface area contributed by atoms with Crippen molar-refractivity contribution in [3.8, 4) is 22.8 Å². The van der Waals surface area contributed by atoms with E-state index in [0.717, 1.165) is 43.1 Å². The molecule has 0 unspecified atom stereocenters. The Kier molecular flexibility index (Phi) is 4.86. The van der Waals surface area contributed by atoms with Gasteiger partial charge in [0.05, 0.1) is 12.2 Å². The molecule has 6 nitrogen and oxygen atoms in total. The minimum absolute atomic E-state index is 0.442. The van der Waals surface area contributed by atoms with Gasteiger partial charge in [-0.25, -0.2) is 4.98 Å². The van der Waals surface area contributed by atoms with E-state index in [0.29, 0.717) is 22.7 Å². The number of aromatic nitrogens is 3. The summed E-state index contributed by atoms with van der Waals surface area (Å²) in [5, 5.41) is 4.67. The van der Waals surface area contributed by atoms with Crippen LogP contribution in [0.3, 0.4) is 0 Å². The molecule has 0 amide bonds. The fraction of sp³-hybridized carbons (Fsp3) is 0.316. The number of ether oxygens (including phenoxy) is 1. The normalized spacial score (nSPS) is 17.0. The van der Waals surface area contributed by atoms with Gasteiger partial charge in [-0.2, -0.15) is 4.98 Å². The summed E-state index contributed by atoms with van der Waals surface area (Å²) >= 11 is 6.02. The maximum atomic E-state index is 6.02. The first-order valence-electron chi connectivity index (χ1n) is 8.53. The van der Waals surface area contributed by atoms with Gasteiger partial charge in [-0.3, -0.25) is 0 Å². The highest BCUT2D eigenvalue weighted by molar-refractivity contribution is 6.30. The van der Waals surface area contributed by atoms with Crippen LogP contribution in [0, 0.1) is 5.92 Å². The van der Waals surface area contributed by atoms with E-state index < -0.39 is 0 Å². The van der Waals surface area contributed by atoms with Gasteiger partial charge in [0.2, 0.25) is 5.82 Å². The predicted octanol–water partition coefficient (Wildman–Crippen LogP) is 3.92. The highest BCUT2D eigenvalue weighted by Crippen LogP contribution is 2.26. The highest BCUT2D eigenvalue weighted by Gasteiger charge is 2.23. The summed E-state index contributed by atoms with van der Waals surface area (Å²) in [6.07, 6.45) is 2.90. The second-order valence-corrected chi connectivity index (χ2v) is 6.83. The van der Waals surface area contributed by atoms with Gasteiger partial charge >= 0.3 is 0 Å². The van der Waals surface area contributed by atoms with Crippen molar-refractivity contribution >= 4 is 17.4 Å². The van der Waals surface area contributed by atoms with Crippen LogP contribution in [0.15, 0.2) is 47.1 Å². The Balaban J connectivity index is 1.49. The van der Waals surface area contributed by atoms with Crippen LogP contribution < -0.4 is 4.90 Å². The summed E-state index contributed by atoms with van der Waals surface area (Å²) in [7, 11) is 1.75. The number of anilines is 1. The van der Waals surface area contributed by atoms with Crippen molar-refractivity contribution in [2.75, 3.05) is 31.7 Å². The van der Waals surface area contributed by atoms with E-state index in [-0.39, 0.29) is 0 Å². The lowest BCUT2D eigenvalue weighted by atomic mass is 10.1. The molecule has 4 rings (SSSR count). The summed E-state index contributed by atoms with van der Waals surface area (Å²) in [6, 6.07) is 11.3. The lowest BCUT2D eigenvalue weighted by molar-refractivity contribution is 0.161. The zero-order valence-electron chi connectivity index (χ0n) is 14.4. The fourth-order valence-electron chi connectivity index (χ4n) is 3.20. The molecule has 2 aromatic heterocycles. The Labute approximate surface area is 156 Å². The molecule has 1 fully saturated rings. The van der Waals surface area contributed by atoms with Gasteiger partial charge in [0.1, 0.15) is 5.82 Å². The smallest absolute Gasteiger partial charge is 0.259 e. The minimum Gasteiger partial charge on any atom is -0.384 e. The van der Waals surface area contributed by atoms with Gasteiger partial charge in [-0.1, -0.05) is 28.9 Å². The summed E-state index contributed by atoms with van der Waals surface area (Å²) in [6.45, 7) is 2.77. The molecule has 0 saturated carbocycles. The van der Waals surface area contributed by atoms with Gasteiger partial charge in [-0.05, 0) is 30.7 Å². The van der Waals surface area contributed by atoms with E-state index in [2.05, 4.69) is 20.0 Å². The SMILES string of the molecule is COC[C@@H]1CCN(c2ccc(-c3nc(-c4cccc(Cl)c4)no3)cn2)C1. The van der Waals surface area contributed by atoms with E-state index in [4.69, 9.17) is 20.9 Å². The molecule has 1 atom stereocenters. The van der Waals surface area contributed by atoms with Crippen molar-refractivity contribution in [1.82, 2.24) is 15.1 Å². The first-order valence-corrected chi connectivity index (χ1v) is 8.90. The number of pyridine rings is 1. The third-order valence-corrected chi connectivity index (χ3v) is 4.75. The maximum Gasteiger partial charge on any atom is 0.259 e. The van der Waals surface area contributed by atoms with E-state index >= 15 is 0 Å². The molecule has 0 radical (unpaired) electrons. The summed E-state index contributed by atoms with van der Waals surface area (Å²) in [5.74, 6) is 2.48. The van der Waals surface area contributed by atoms with Crippen LogP contribution in [0.2, 0.25) is 5.02 Å². The lowest BCUT2D eigenvalue weighted by Gasteiger charge is -2.17. The molecular weight excluding hydrogens is 352 g/mol. The Morgan fingerprint density at radius 3 is 2.96 bits per heavy atom. The van der Waals surface area contributed by atoms with Crippen LogP contribution in [0.1, 0.15) is 6.42 Å². The Bertz CT molecular complexity index is 881. The third kappa shape index (κ3) is 3.57. The van der Waals surface area contributed by atoms with Crippen LogP contribution in [0.4, 0.5) is 5.82 Å². The van der Waals surface area contributed by atoms with Gasteiger partial charge in [0.25, 0.3) is 5.89 Å². The number of nitrogens with zero attached hydrogens (tertiary/aromatic N) is 4. The largest absolute Gasteiger partial charge is 0.384 e. The van der Waals surface area contributed by atoms with Crippen molar-refractivity contribution in [3.63, 3.8) is 0 Å². The molecule has 26 heavy (non-hydrogen) atoms. The molecule has 7 heteroatoms. The van der Waals surface area contributed by atoms with Crippen LogP contribution in [0.25, 0.3) is 22.8 Å². The number of benzene rings is 1. The number of hydrogen-bond acceptors (Lipinski definition) is 6. The molecule has 1 aliphatic heterocycles. The molecule has 3 aromatic rings.